The van der Waals surface area contributed by atoms with E-state index < -0.39 is 0 Å². The highest BCUT2D eigenvalue weighted by Gasteiger charge is 2.32. The van der Waals surface area contributed by atoms with Crippen LogP contribution in [0.1, 0.15) is 67.3 Å². The van der Waals surface area contributed by atoms with Crippen molar-refractivity contribution in [2.75, 3.05) is 6.54 Å². The fourth-order valence-electron chi connectivity index (χ4n) is 3.62. The molecule has 19 heavy (non-hydrogen) atoms. The van der Waals surface area contributed by atoms with Gasteiger partial charge in [-0.1, -0.05) is 39.5 Å². The minimum atomic E-state index is 0.590. The zero-order chi connectivity index (χ0) is 13.8. The first-order valence-electron chi connectivity index (χ1n) is 7.97. The Kier molecular flexibility index (Phi) is 5.47. The second kappa shape index (κ2) is 6.90. The normalized spacial score (nSPS) is 25.5. The van der Waals surface area contributed by atoms with Crippen LogP contribution in [0, 0.1) is 25.7 Å². The van der Waals surface area contributed by atoms with Gasteiger partial charge in [-0.05, 0) is 50.3 Å². The summed E-state index contributed by atoms with van der Waals surface area (Å²) in [5.74, 6) is 1.76. The van der Waals surface area contributed by atoms with E-state index >= 15 is 0 Å². The van der Waals surface area contributed by atoms with E-state index in [9.17, 15) is 0 Å². The molecule has 3 unspecified atom stereocenters. The van der Waals surface area contributed by atoms with Crippen molar-refractivity contribution in [1.82, 2.24) is 5.32 Å². The molecule has 1 aromatic rings. The van der Waals surface area contributed by atoms with Crippen LogP contribution < -0.4 is 5.32 Å². The largest absolute Gasteiger partial charge is 0.309 e. The van der Waals surface area contributed by atoms with Gasteiger partial charge in [-0.15, -0.1) is 11.3 Å². The second-order valence-corrected chi connectivity index (χ2v) is 7.33. The van der Waals surface area contributed by atoms with E-state index in [0.29, 0.717) is 6.04 Å². The first-order chi connectivity index (χ1) is 9.17. The highest BCUT2D eigenvalue weighted by Crippen LogP contribution is 2.42. The van der Waals surface area contributed by atoms with Gasteiger partial charge in [-0.3, -0.25) is 0 Å². The maximum absolute atomic E-state index is 3.78. The third-order valence-corrected chi connectivity index (χ3v) is 6.07. The van der Waals surface area contributed by atoms with Gasteiger partial charge in [0.15, 0.2) is 0 Å². The van der Waals surface area contributed by atoms with Crippen LogP contribution in [0.15, 0.2) is 6.07 Å². The van der Waals surface area contributed by atoms with Crippen molar-refractivity contribution in [1.29, 1.82) is 0 Å². The molecule has 1 heterocycles. The van der Waals surface area contributed by atoms with Crippen molar-refractivity contribution in [2.45, 2.75) is 65.8 Å². The van der Waals surface area contributed by atoms with Crippen LogP contribution in [0.5, 0.6) is 0 Å². The van der Waals surface area contributed by atoms with E-state index in [0.717, 1.165) is 18.4 Å². The van der Waals surface area contributed by atoms with Crippen LogP contribution in [0.25, 0.3) is 0 Å². The molecule has 0 bridgehead atoms. The summed E-state index contributed by atoms with van der Waals surface area (Å²) in [7, 11) is 0. The minimum absolute atomic E-state index is 0.590. The third kappa shape index (κ3) is 3.41. The summed E-state index contributed by atoms with van der Waals surface area (Å²) >= 11 is 2.01. The number of hydrogen-bond acceptors (Lipinski definition) is 2. The monoisotopic (exact) mass is 279 g/mol. The maximum atomic E-state index is 3.78. The Hall–Kier alpha value is -0.340. The number of aryl methyl sites for hydroxylation is 2. The first-order valence-corrected chi connectivity index (χ1v) is 8.79. The van der Waals surface area contributed by atoms with Crippen molar-refractivity contribution in [3.05, 3.63) is 21.4 Å². The van der Waals surface area contributed by atoms with Crippen LogP contribution in [0.2, 0.25) is 0 Å². The van der Waals surface area contributed by atoms with Gasteiger partial charge in [0.25, 0.3) is 0 Å². The Morgan fingerprint density at radius 2 is 2.00 bits per heavy atom. The zero-order valence-electron chi connectivity index (χ0n) is 13.0. The fraction of sp³-hybridized carbons (Fsp3) is 0.765. The average Bonchev–Trinajstić information content (AvgIpc) is 2.76. The number of nitrogens with one attached hydrogen (secondary N) is 1. The molecule has 1 aliphatic rings. The fourth-order valence-corrected chi connectivity index (χ4v) is 4.81. The Balaban J connectivity index is 2.22. The average molecular weight is 279 g/mol. The number of thiophene rings is 1. The SMILES string of the molecule is CCNC(c1cc(C)c(C)s1)C1CCCCC1CC. The van der Waals surface area contributed by atoms with Crippen LogP contribution in [-0.4, -0.2) is 6.54 Å². The summed E-state index contributed by atoms with van der Waals surface area (Å²) < 4.78 is 0. The lowest BCUT2D eigenvalue weighted by molar-refractivity contribution is 0.178. The molecule has 1 nitrogen and oxygen atoms in total. The van der Waals surface area contributed by atoms with E-state index in [1.165, 1.54) is 42.5 Å². The molecule has 1 aromatic heterocycles. The third-order valence-electron chi connectivity index (χ3n) is 4.84. The lowest BCUT2D eigenvalue weighted by Gasteiger charge is -2.37. The highest BCUT2D eigenvalue weighted by atomic mass is 32.1. The molecule has 1 saturated carbocycles. The van der Waals surface area contributed by atoms with Crippen LogP contribution in [0.3, 0.4) is 0 Å². The molecule has 2 rings (SSSR count). The number of rotatable bonds is 5. The summed E-state index contributed by atoms with van der Waals surface area (Å²) in [5, 5.41) is 3.78. The quantitative estimate of drug-likeness (QED) is 0.778. The van der Waals surface area contributed by atoms with E-state index in [1.807, 2.05) is 11.3 Å². The van der Waals surface area contributed by atoms with Gasteiger partial charge in [0, 0.05) is 15.8 Å². The molecular weight excluding hydrogens is 250 g/mol. The van der Waals surface area contributed by atoms with E-state index in [2.05, 4.69) is 39.1 Å². The van der Waals surface area contributed by atoms with Crippen molar-refractivity contribution >= 4 is 11.3 Å². The molecule has 0 aromatic carbocycles. The minimum Gasteiger partial charge on any atom is -0.309 e. The second-order valence-electron chi connectivity index (χ2n) is 6.04. The first kappa shape index (κ1) is 15.1. The molecule has 108 valence electrons. The lowest BCUT2D eigenvalue weighted by atomic mass is 9.73. The maximum Gasteiger partial charge on any atom is 0.0446 e. The molecule has 1 aliphatic carbocycles. The summed E-state index contributed by atoms with van der Waals surface area (Å²) in [4.78, 5) is 3.06. The van der Waals surface area contributed by atoms with Gasteiger partial charge in [-0.25, -0.2) is 0 Å². The molecule has 0 aliphatic heterocycles. The standard InChI is InChI=1S/C17H29NS/c1-5-14-9-7-8-10-15(14)17(18-6-2)16-11-12(3)13(4)19-16/h11,14-15,17-18H,5-10H2,1-4H3. The van der Waals surface area contributed by atoms with Gasteiger partial charge in [-0.2, -0.15) is 0 Å². The van der Waals surface area contributed by atoms with Gasteiger partial charge in [0.2, 0.25) is 0 Å². The summed E-state index contributed by atoms with van der Waals surface area (Å²) in [6.45, 7) is 10.2. The van der Waals surface area contributed by atoms with Crippen LogP contribution in [-0.2, 0) is 0 Å². The number of hydrogen-bond donors (Lipinski definition) is 1. The van der Waals surface area contributed by atoms with E-state index in [4.69, 9.17) is 0 Å². The van der Waals surface area contributed by atoms with Crippen LogP contribution >= 0.6 is 11.3 Å². The van der Waals surface area contributed by atoms with Gasteiger partial charge < -0.3 is 5.32 Å². The molecule has 0 radical (unpaired) electrons. The highest BCUT2D eigenvalue weighted by molar-refractivity contribution is 7.12. The smallest absolute Gasteiger partial charge is 0.0446 e. The summed E-state index contributed by atoms with van der Waals surface area (Å²) in [6.07, 6.45) is 7.05. The van der Waals surface area contributed by atoms with Gasteiger partial charge >= 0.3 is 0 Å². The van der Waals surface area contributed by atoms with Crippen molar-refractivity contribution in [3.8, 4) is 0 Å². The predicted molar refractivity (Wildman–Crippen MR) is 85.9 cm³/mol. The Labute approximate surface area is 122 Å². The lowest BCUT2D eigenvalue weighted by Crippen LogP contribution is -2.33. The topological polar surface area (TPSA) is 12.0 Å². The summed E-state index contributed by atoms with van der Waals surface area (Å²) in [5.41, 5.74) is 1.46. The van der Waals surface area contributed by atoms with Crippen molar-refractivity contribution in [2.24, 2.45) is 11.8 Å². The molecule has 1 fully saturated rings. The molecule has 1 N–H and O–H groups in total. The molecule has 3 atom stereocenters. The summed E-state index contributed by atoms with van der Waals surface area (Å²) in [6, 6.07) is 3.02. The van der Waals surface area contributed by atoms with E-state index in [1.54, 1.807) is 4.88 Å². The van der Waals surface area contributed by atoms with Crippen molar-refractivity contribution < 1.29 is 0 Å². The Bertz CT molecular complexity index is 376. The zero-order valence-corrected chi connectivity index (χ0v) is 13.8. The molecule has 0 amide bonds. The van der Waals surface area contributed by atoms with E-state index in [-0.39, 0.29) is 0 Å². The van der Waals surface area contributed by atoms with Gasteiger partial charge in [0.1, 0.15) is 0 Å². The van der Waals surface area contributed by atoms with Crippen molar-refractivity contribution in [3.63, 3.8) is 0 Å². The molecular formula is C17H29NS. The van der Waals surface area contributed by atoms with Crippen LogP contribution in [0.4, 0.5) is 0 Å². The Morgan fingerprint density at radius 3 is 2.58 bits per heavy atom. The molecule has 0 spiro atoms. The van der Waals surface area contributed by atoms with Gasteiger partial charge in [0.05, 0.1) is 0 Å². The Morgan fingerprint density at radius 1 is 1.26 bits per heavy atom. The predicted octanol–water partition coefficient (Wildman–Crippen LogP) is 5.23. The molecule has 0 saturated heterocycles. The molecule has 2 heteroatoms.